The van der Waals surface area contributed by atoms with Gasteiger partial charge in [-0.15, -0.1) is 0 Å². The maximum absolute atomic E-state index is 13.0. The molecule has 0 saturated heterocycles. The van der Waals surface area contributed by atoms with E-state index in [1.807, 2.05) is 37.3 Å². The van der Waals surface area contributed by atoms with Crippen LogP contribution in [0.2, 0.25) is 0 Å². The number of Topliss-reactive ketones (excluding diaryl/α,β-unsaturated/α-hetero) is 1. The number of nitriles is 1. The number of hydrogen-bond donors (Lipinski definition) is 0. The summed E-state index contributed by atoms with van der Waals surface area (Å²) >= 11 is 0. The average molecular weight is 333 g/mol. The Hall–Kier alpha value is -2.93. The fraction of sp³-hybridized carbons (Fsp3) is 0.286. The summed E-state index contributed by atoms with van der Waals surface area (Å²) in [5.41, 5.74) is 0.951. The van der Waals surface area contributed by atoms with Gasteiger partial charge < -0.3 is 4.74 Å². The Bertz CT molecular complexity index is 836. The summed E-state index contributed by atoms with van der Waals surface area (Å²) in [7, 11) is 0. The molecule has 2 aromatic carbocycles. The Morgan fingerprint density at radius 3 is 2.32 bits per heavy atom. The Kier molecular flexibility index (Phi) is 4.41. The second kappa shape index (κ2) is 6.52. The van der Waals surface area contributed by atoms with Gasteiger partial charge in [0.05, 0.1) is 18.6 Å². The van der Waals surface area contributed by atoms with Crippen LogP contribution in [-0.4, -0.2) is 18.4 Å². The summed E-state index contributed by atoms with van der Waals surface area (Å²) in [5.74, 6) is -2.01. The van der Waals surface area contributed by atoms with Crippen LogP contribution in [0.4, 0.5) is 0 Å². The zero-order valence-corrected chi connectivity index (χ0v) is 14.2. The van der Waals surface area contributed by atoms with Crippen molar-refractivity contribution in [2.75, 3.05) is 6.61 Å². The first-order valence-corrected chi connectivity index (χ1v) is 8.30. The molecule has 1 aliphatic carbocycles. The van der Waals surface area contributed by atoms with E-state index in [9.17, 15) is 14.9 Å². The monoisotopic (exact) mass is 333 g/mol. The van der Waals surface area contributed by atoms with Crippen LogP contribution in [0.25, 0.3) is 0 Å². The number of rotatable bonds is 5. The summed E-state index contributed by atoms with van der Waals surface area (Å²) in [6, 6.07) is 18.5. The number of carbonyl (C=O) groups excluding carboxylic acids is 2. The fourth-order valence-electron chi connectivity index (χ4n) is 3.45. The highest BCUT2D eigenvalue weighted by Crippen LogP contribution is 2.66. The average Bonchev–Trinajstić information content (AvgIpc) is 3.33. The van der Waals surface area contributed by atoms with E-state index >= 15 is 0 Å². The molecule has 1 saturated carbocycles. The summed E-state index contributed by atoms with van der Waals surface area (Å²) < 4.78 is 5.14. The van der Waals surface area contributed by atoms with Gasteiger partial charge in [0, 0.05) is 11.5 Å². The molecule has 0 aromatic heterocycles. The highest BCUT2D eigenvalue weighted by molar-refractivity contribution is 6.07. The largest absolute Gasteiger partial charge is 0.465 e. The van der Waals surface area contributed by atoms with Crippen molar-refractivity contribution < 1.29 is 14.3 Å². The van der Waals surface area contributed by atoms with E-state index in [-0.39, 0.29) is 12.4 Å². The van der Waals surface area contributed by atoms with Crippen molar-refractivity contribution >= 4 is 11.8 Å². The molecule has 1 fully saturated rings. The van der Waals surface area contributed by atoms with Crippen molar-refractivity contribution in [1.82, 2.24) is 0 Å². The number of ketones is 1. The maximum Gasteiger partial charge on any atom is 0.327 e. The van der Waals surface area contributed by atoms with Crippen molar-refractivity contribution in [3.63, 3.8) is 0 Å². The van der Waals surface area contributed by atoms with Gasteiger partial charge in [-0.3, -0.25) is 9.59 Å². The molecule has 126 valence electrons. The van der Waals surface area contributed by atoms with E-state index in [1.54, 1.807) is 31.2 Å². The molecule has 4 heteroatoms. The van der Waals surface area contributed by atoms with Gasteiger partial charge in [0.25, 0.3) is 0 Å². The van der Waals surface area contributed by atoms with Gasteiger partial charge >= 0.3 is 5.97 Å². The number of esters is 1. The summed E-state index contributed by atoms with van der Waals surface area (Å²) in [6.45, 7) is 3.83. The number of hydrogen-bond acceptors (Lipinski definition) is 4. The van der Waals surface area contributed by atoms with E-state index in [0.717, 1.165) is 11.1 Å². The van der Waals surface area contributed by atoms with E-state index in [4.69, 9.17) is 4.74 Å². The van der Waals surface area contributed by atoms with Crippen LogP contribution in [0.5, 0.6) is 0 Å². The van der Waals surface area contributed by atoms with Gasteiger partial charge in [0.2, 0.25) is 0 Å². The van der Waals surface area contributed by atoms with Crippen LogP contribution in [0.1, 0.15) is 34.3 Å². The van der Waals surface area contributed by atoms with Crippen LogP contribution in [0, 0.1) is 29.6 Å². The minimum atomic E-state index is -1.45. The summed E-state index contributed by atoms with van der Waals surface area (Å²) in [5, 5.41) is 9.80. The van der Waals surface area contributed by atoms with Crippen LogP contribution < -0.4 is 0 Å². The SMILES string of the molecule is CCOC(=O)[C@]1(C#N)[C@@H](C(=O)c2ccccc2)[C@@H]1c1ccc(C)cc1. The fourth-order valence-corrected chi connectivity index (χ4v) is 3.45. The first-order chi connectivity index (χ1) is 12.1. The topological polar surface area (TPSA) is 67.2 Å². The number of nitrogens with zero attached hydrogens (tertiary/aromatic N) is 1. The predicted octanol–water partition coefficient (Wildman–Crippen LogP) is 3.66. The molecule has 3 rings (SSSR count). The second-order valence-corrected chi connectivity index (χ2v) is 6.30. The molecule has 0 heterocycles. The molecule has 0 aliphatic heterocycles. The van der Waals surface area contributed by atoms with Gasteiger partial charge in [0.15, 0.2) is 11.2 Å². The third-order valence-corrected chi connectivity index (χ3v) is 4.78. The molecular formula is C21H19NO3. The third kappa shape index (κ3) is 2.72. The number of ether oxygens (including phenoxy) is 1. The third-order valence-electron chi connectivity index (χ3n) is 4.78. The zero-order valence-electron chi connectivity index (χ0n) is 14.2. The van der Waals surface area contributed by atoms with E-state index < -0.39 is 23.2 Å². The van der Waals surface area contributed by atoms with Gasteiger partial charge in [0.1, 0.15) is 0 Å². The van der Waals surface area contributed by atoms with E-state index in [2.05, 4.69) is 6.07 Å². The van der Waals surface area contributed by atoms with E-state index in [1.165, 1.54) is 0 Å². The Morgan fingerprint density at radius 2 is 1.76 bits per heavy atom. The Morgan fingerprint density at radius 1 is 1.12 bits per heavy atom. The lowest BCUT2D eigenvalue weighted by Gasteiger charge is -2.08. The molecule has 0 N–H and O–H groups in total. The quantitative estimate of drug-likeness (QED) is 0.618. The highest BCUT2D eigenvalue weighted by atomic mass is 16.5. The van der Waals surface area contributed by atoms with Gasteiger partial charge in [-0.1, -0.05) is 60.2 Å². The molecule has 0 bridgehead atoms. The van der Waals surface area contributed by atoms with Gasteiger partial charge in [-0.25, -0.2) is 0 Å². The minimum Gasteiger partial charge on any atom is -0.465 e. The smallest absolute Gasteiger partial charge is 0.327 e. The van der Waals surface area contributed by atoms with Crippen LogP contribution in [0.3, 0.4) is 0 Å². The highest BCUT2D eigenvalue weighted by Gasteiger charge is 2.75. The summed E-state index contributed by atoms with van der Waals surface area (Å²) in [6.07, 6.45) is 0. The molecule has 2 aromatic rings. The summed E-state index contributed by atoms with van der Waals surface area (Å²) in [4.78, 5) is 25.5. The molecule has 3 atom stereocenters. The van der Waals surface area contributed by atoms with Crippen molar-refractivity contribution in [2.24, 2.45) is 11.3 Å². The van der Waals surface area contributed by atoms with E-state index in [0.29, 0.717) is 5.56 Å². The number of benzene rings is 2. The molecule has 0 unspecified atom stereocenters. The normalized spacial score (nSPS) is 24.2. The molecule has 0 amide bonds. The molecular weight excluding hydrogens is 314 g/mol. The molecule has 25 heavy (non-hydrogen) atoms. The van der Waals surface area contributed by atoms with Crippen LogP contribution in [0.15, 0.2) is 54.6 Å². The van der Waals surface area contributed by atoms with Gasteiger partial charge in [-0.2, -0.15) is 5.26 Å². The van der Waals surface area contributed by atoms with Crippen molar-refractivity contribution in [3.05, 3.63) is 71.3 Å². The predicted molar refractivity (Wildman–Crippen MR) is 92.9 cm³/mol. The molecule has 4 nitrogen and oxygen atoms in total. The van der Waals surface area contributed by atoms with Crippen LogP contribution >= 0.6 is 0 Å². The first-order valence-electron chi connectivity index (χ1n) is 8.30. The number of aryl methyl sites for hydroxylation is 1. The number of carbonyl (C=O) groups is 2. The minimum absolute atomic E-state index is 0.176. The van der Waals surface area contributed by atoms with Crippen molar-refractivity contribution in [3.8, 4) is 6.07 Å². The zero-order chi connectivity index (χ0) is 18.0. The van der Waals surface area contributed by atoms with Crippen molar-refractivity contribution in [2.45, 2.75) is 19.8 Å². The Labute approximate surface area is 147 Å². The standard InChI is InChI=1S/C21H19NO3/c1-3-25-20(24)21(13-22)17(15-11-9-14(2)10-12-15)18(21)19(23)16-7-5-4-6-8-16/h4-12,17-18H,3H2,1-2H3/t17-,18+,21-/m0/s1. The second-order valence-electron chi connectivity index (χ2n) is 6.30. The lowest BCUT2D eigenvalue weighted by molar-refractivity contribution is -0.147. The first kappa shape index (κ1) is 16.9. The lowest BCUT2D eigenvalue weighted by Crippen LogP contribution is -2.23. The molecule has 1 aliphatic rings. The maximum atomic E-state index is 13.0. The Balaban J connectivity index is 2.04. The lowest BCUT2D eigenvalue weighted by atomic mass is 9.98. The molecule has 0 spiro atoms. The molecule has 0 radical (unpaired) electrons. The van der Waals surface area contributed by atoms with Crippen LogP contribution in [-0.2, 0) is 9.53 Å². The van der Waals surface area contributed by atoms with Crippen molar-refractivity contribution in [1.29, 1.82) is 5.26 Å². The van der Waals surface area contributed by atoms with Gasteiger partial charge in [-0.05, 0) is 19.4 Å².